The van der Waals surface area contributed by atoms with Gasteiger partial charge in [-0.3, -0.25) is 14.4 Å². The van der Waals surface area contributed by atoms with Gasteiger partial charge in [0.05, 0.1) is 0 Å². The molecule has 0 bridgehead atoms. The van der Waals surface area contributed by atoms with Crippen molar-refractivity contribution in [2.75, 3.05) is 6.54 Å². The van der Waals surface area contributed by atoms with Crippen molar-refractivity contribution in [2.45, 2.75) is 46.1 Å². The fourth-order valence-electron chi connectivity index (χ4n) is 3.02. The van der Waals surface area contributed by atoms with Gasteiger partial charge in [0.1, 0.15) is 12.4 Å². The van der Waals surface area contributed by atoms with E-state index in [4.69, 9.17) is 14.2 Å². The molecule has 2 aromatic carbocycles. The molecule has 0 radical (unpaired) electrons. The number of hydrogen-bond donors (Lipinski definition) is 1. The summed E-state index contributed by atoms with van der Waals surface area (Å²) in [6, 6.07) is 16.8. The average Bonchev–Trinajstić information content (AvgIpc) is 2.79. The van der Waals surface area contributed by atoms with Crippen LogP contribution in [-0.4, -0.2) is 52.6 Å². The van der Waals surface area contributed by atoms with E-state index in [9.17, 15) is 24.3 Å². The van der Waals surface area contributed by atoms with E-state index in [0.29, 0.717) is 12.4 Å². The molecule has 176 valence electrons. The van der Waals surface area contributed by atoms with Crippen LogP contribution >= 0.6 is 0 Å². The average molecular weight is 457 g/mol. The van der Waals surface area contributed by atoms with Crippen molar-refractivity contribution in [1.29, 1.82) is 0 Å². The van der Waals surface area contributed by atoms with Crippen LogP contribution in [0.2, 0.25) is 0 Å². The second kappa shape index (κ2) is 12.2. The van der Waals surface area contributed by atoms with Crippen LogP contribution in [0.3, 0.4) is 0 Å². The topological polar surface area (TPSA) is 119 Å². The molecule has 9 nitrogen and oxygen atoms in total. The van der Waals surface area contributed by atoms with E-state index in [0.717, 1.165) is 25.0 Å². The minimum atomic E-state index is -1.96. The van der Waals surface area contributed by atoms with Crippen molar-refractivity contribution in [3.8, 4) is 5.75 Å². The highest BCUT2D eigenvalue weighted by molar-refractivity contribution is 5.91. The highest BCUT2D eigenvalue weighted by Gasteiger charge is 2.41. The molecule has 0 aliphatic rings. The largest absolute Gasteiger partial charge is 0.489 e. The maximum Gasteiger partial charge on any atom is 0.349 e. The van der Waals surface area contributed by atoms with E-state index in [1.54, 1.807) is 31.2 Å². The molecule has 2 aromatic rings. The quantitative estimate of drug-likeness (QED) is 0.512. The molecule has 2 rings (SSSR count). The Morgan fingerprint density at radius 2 is 1.42 bits per heavy atom. The van der Waals surface area contributed by atoms with E-state index in [2.05, 4.69) is 0 Å². The summed E-state index contributed by atoms with van der Waals surface area (Å²) < 4.78 is 15.4. The third kappa shape index (κ3) is 7.95. The van der Waals surface area contributed by atoms with Gasteiger partial charge < -0.3 is 24.2 Å². The highest BCUT2D eigenvalue weighted by atomic mass is 16.6. The Kier molecular flexibility index (Phi) is 9.41. The van der Waals surface area contributed by atoms with Gasteiger partial charge in [-0.15, -0.1) is 0 Å². The van der Waals surface area contributed by atoms with Crippen LogP contribution in [0.15, 0.2) is 54.6 Å². The Bertz CT molecular complexity index is 958. The molecule has 0 aliphatic heterocycles. The van der Waals surface area contributed by atoms with Gasteiger partial charge in [-0.25, -0.2) is 4.79 Å². The zero-order valence-electron chi connectivity index (χ0n) is 18.7. The van der Waals surface area contributed by atoms with Crippen LogP contribution in [0, 0.1) is 0 Å². The number of likely N-dealkylation sites (N-methyl/N-ethyl adjacent to an activating group) is 1. The van der Waals surface area contributed by atoms with Gasteiger partial charge >= 0.3 is 17.9 Å². The Balaban J connectivity index is 2.11. The number of carboxylic acid groups (broad SMARTS) is 1. The molecule has 1 amide bonds. The van der Waals surface area contributed by atoms with Crippen molar-refractivity contribution in [1.82, 2.24) is 4.90 Å². The maximum absolute atomic E-state index is 13.0. The van der Waals surface area contributed by atoms with Gasteiger partial charge in [0.25, 0.3) is 5.91 Å². The third-order valence-corrected chi connectivity index (χ3v) is 4.59. The standard InChI is InChI=1S/C24H27NO8/c1-4-25(23(28)21(32-16(2)26)22(24(29)30)33-17(3)27)14-18-10-12-20(13-11-18)31-15-19-8-6-5-7-9-19/h5-13,21-22H,4,14-15H2,1-3H3,(H,29,30)/t21-,22-/m1/s1. The number of benzene rings is 2. The Morgan fingerprint density at radius 1 is 0.848 bits per heavy atom. The first-order valence-electron chi connectivity index (χ1n) is 10.3. The van der Waals surface area contributed by atoms with Gasteiger partial charge in [0, 0.05) is 26.9 Å². The Hall–Kier alpha value is -3.88. The molecule has 1 N–H and O–H groups in total. The minimum Gasteiger partial charge on any atom is -0.489 e. The number of hydrogen-bond acceptors (Lipinski definition) is 7. The van der Waals surface area contributed by atoms with Gasteiger partial charge in [-0.1, -0.05) is 42.5 Å². The lowest BCUT2D eigenvalue weighted by Crippen LogP contribution is -2.51. The van der Waals surface area contributed by atoms with E-state index in [-0.39, 0.29) is 13.1 Å². The molecular formula is C24H27NO8. The molecule has 9 heteroatoms. The second-order valence-corrected chi connectivity index (χ2v) is 7.17. The van der Waals surface area contributed by atoms with Crippen molar-refractivity contribution < 1.29 is 38.5 Å². The number of carbonyl (C=O) groups excluding carboxylic acids is 3. The summed E-state index contributed by atoms with van der Waals surface area (Å²) in [4.78, 5) is 48.7. The normalized spacial score (nSPS) is 12.2. The summed E-state index contributed by atoms with van der Waals surface area (Å²) in [6.45, 7) is 4.48. The van der Waals surface area contributed by atoms with E-state index in [1.165, 1.54) is 4.90 Å². The number of amides is 1. The molecule has 0 aliphatic carbocycles. The lowest BCUT2D eigenvalue weighted by atomic mass is 10.1. The van der Waals surface area contributed by atoms with Crippen LogP contribution in [0.1, 0.15) is 31.9 Å². The molecule has 0 fully saturated rings. The van der Waals surface area contributed by atoms with Crippen molar-refractivity contribution in [3.05, 3.63) is 65.7 Å². The van der Waals surface area contributed by atoms with Gasteiger partial charge in [-0.2, -0.15) is 0 Å². The number of esters is 2. The van der Waals surface area contributed by atoms with E-state index >= 15 is 0 Å². The summed E-state index contributed by atoms with van der Waals surface area (Å²) in [5, 5.41) is 9.41. The van der Waals surface area contributed by atoms with Crippen LogP contribution < -0.4 is 4.74 Å². The van der Waals surface area contributed by atoms with E-state index in [1.807, 2.05) is 30.3 Å². The van der Waals surface area contributed by atoms with Crippen LogP contribution in [0.25, 0.3) is 0 Å². The molecule has 0 saturated carbocycles. The first-order valence-corrected chi connectivity index (χ1v) is 10.3. The third-order valence-electron chi connectivity index (χ3n) is 4.59. The van der Waals surface area contributed by atoms with Crippen LogP contribution in [0.5, 0.6) is 5.75 Å². The lowest BCUT2D eigenvalue weighted by molar-refractivity contribution is -0.183. The number of nitrogens with zero attached hydrogens (tertiary/aromatic N) is 1. The molecule has 0 spiro atoms. The molecule has 0 unspecified atom stereocenters. The summed E-state index contributed by atoms with van der Waals surface area (Å²) >= 11 is 0. The van der Waals surface area contributed by atoms with Crippen molar-refractivity contribution in [2.24, 2.45) is 0 Å². The summed E-state index contributed by atoms with van der Waals surface area (Å²) in [6.07, 6.45) is -3.76. The number of carbonyl (C=O) groups is 4. The molecular weight excluding hydrogens is 430 g/mol. The van der Waals surface area contributed by atoms with E-state index < -0.39 is 36.0 Å². The number of rotatable bonds is 11. The molecule has 0 saturated heterocycles. The molecule has 0 aromatic heterocycles. The second-order valence-electron chi connectivity index (χ2n) is 7.17. The molecule has 0 heterocycles. The lowest BCUT2D eigenvalue weighted by Gasteiger charge is -2.28. The monoisotopic (exact) mass is 457 g/mol. The number of aliphatic carboxylic acids is 1. The van der Waals surface area contributed by atoms with Crippen LogP contribution in [0.4, 0.5) is 0 Å². The Morgan fingerprint density at radius 3 is 1.94 bits per heavy atom. The van der Waals surface area contributed by atoms with Gasteiger partial charge in [-0.05, 0) is 30.2 Å². The molecule has 33 heavy (non-hydrogen) atoms. The van der Waals surface area contributed by atoms with Gasteiger partial charge in [0.2, 0.25) is 12.2 Å². The minimum absolute atomic E-state index is 0.123. The summed E-state index contributed by atoms with van der Waals surface area (Å²) in [5.41, 5.74) is 1.78. The van der Waals surface area contributed by atoms with Crippen molar-refractivity contribution >= 4 is 23.8 Å². The predicted octanol–water partition coefficient (Wildman–Crippen LogP) is 2.56. The zero-order chi connectivity index (χ0) is 24.4. The van der Waals surface area contributed by atoms with Gasteiger partial charge in [0.15, 0.2) is 0 Å². The maximum atomic E-state index is 13.0. The highest BCUT2D eigenvalue weighted by Crippen LogP contribution is 2.17. The summed E-state index contributed by atoms with van der Waals surface area (Å²) in [5.74, 6) is -3.52. The number of ether oxygens (including phenoxy) is 3. The fraction of sp³-hybridized carbons (Fsp3) is 0.333. The fourth-order valence-corrected chi connectivity index (χ4v) is 3.02. The molecule has 2 atom stereocenters. The smallest absolute Gasteiger partial charge is 0.349 e. The van der Waals surface area contributed by atoms with Crippen molar-refractivity contribution in [3.63, 3.8) is 0 Å². The first kappa shape index (κ1) is 25.4. The zero-order valence-corrected chi connectivity index (χ0v) is 18.7. The summed E-state index contributed by atoms with van der Waals surface area (Å²) in [7, 11) is 0. The number of carboxylic acids is 1. The predicted molar refractivity (Wildman–Crippen MR) is 117 cm³/mol. The Labute approximate surface area is 191 Å². The first-order chi connectivity index (χ1) is 15.7. The van der Waals surface area contributed by atoms with Crippen LogP contribution in [-0.2, 0) is 41.8 Å². The SMILES string of the molecule is CCN(Cc1ccc(OCc2ccccc2)cc1)C(=O)[C@H](OC(C)=O)[C@@H](OC(C)=O)C(=O)O.